The second-order valence-corrected chi connectivity index (χ2v) is 7.36. The molecule has 0 spiro atoms. The normalized spacial score (nSPS) is 15.8. The summed E-state index contributed by atoms with van der Waals surface area (Å²) < 4.78 is 0. The Labute approximate surface area is 156 Å². The largest absolute Gasteiger partial charge is 0.368 e. The number of para-hydroxylation sites is 1. The molecule has 0 saturated heterocycles. The average molecular weight is 362 g/mol. The van der Waals surface area contributed by atoms with E-state index >= 15 is 0 Å². The first-order valence-corrected chi connectivity index (χ1v) is 9.43. The molecule has 1 atom stereocenters. The Balaban J connectivity index is 1.53. The first-order chi connectivity index (χ1) is 12.6. The van der Waals surface area contributed by atoms with Gasteiger partial charge >= 0.3 is 0 Å². The van der Waals surface area contributed by atoms with Crippen molar-refractivity contribution in [3.63, 3.8) is 0 Å². The molecule has 4 rings (SSSR count). The molecule has 2 amide bonds. The highest BCUT2D eigenvalue weighted by Gasteiger charge is 2.36. The molecule has 130 valence electrons. The summed E-state index contributed by atoms with van der Waals surface area (Å²) in [4.78, 5) is 27.3. The van der Waals surface area contributed by atoms with Crippen molar-refractivity contribution in [1.29, 1.82) is 0 Å². The molecule has 0 aliphatic carbocycles. The number of hydrogen-bond donors (Lipinski definition) is 1. The Morgan fingerprint density at radius 1 is 1.00 bits per heavy atom. The molecule has 3 aromatic carbocycles. The second-order valence-electron chi connectivity index (χ2n) is 6.31. The highest BCUT2D eigenvalue weighted by Crippen LogP contribution is 2.33. The lowest BCUT2D eigenvalue weighted by atomic mass is 10.1. The molecule has 1 aliphatic heterocycles. The fourth-order valence-electron chi connectivity index (χ4n) is 3.39. The van der Waals surface area contributed by atoms with Crippen molar-refractivity contribution in [2.45, 2.75) is 17.4 Å². The molecule has 3 aromatic rings. The number of nitrogens with zero attached hydrogens (tertiary/aromatic N) is 1. The maximum Gasteiger partial charge on any atom is 0.240 e. The molecular formula is C21H18N2O2S. The van der Waals surface area contributed by atoms with Gasteiger partial charge in [0.25, 0.3) is 0 Å². The monoisotopic (exact) mass is 362 g/mol. The van der Waals surface area contributed by atoms with Crippen LogP contribution in [0.4, 0.5) is 5.69 Å². The van der Waals surface area contributed by atoms with Crippen LogP contribution in [0.3, 0.4) is 0 Å². The lowest BCUT2D eigenvalue weighted by Crippen LogP contribution is -2.46. The van der Waals surface area contributed by atoms with E-state index in [1.54, 1.807) is 4.90 Å². The molecule has 0 saturated carbocycles. The Hall–Kier alpha value is -2.79. The summed E-state index contributed by atoms with van der Waals surface area (Å²) in [5.74, 6) is -0.307. The lowest BCUT2D eigenvalue weighted by molar-refractivity contribution is -0.123. The van der Waals surface area contributed by atoms with E-state index in [0.29, 0.717) is 6.42 Å². The number of primary amides is 1. The third-order valence-electron chi connectivity index (χ3n) is 4.66. The summed E-state index contributed by atoms with van der Waals surface area (Å²) in [5, 5.41) is 2.32. The summed E-state index contributed by atoms with van der Waals surface area (Å²) >= 11 is 1.48. The zero-order valence-corrected chi connectivity index (χ0v) is 14.9. The number of anilines is 1. The summed E-state index contributed by atoms with van der Waals surface area (Å²) in [5.41, 5.74) is 7.31. The van der Waals surface area contributed by atoms with Crippen LogP contribution in [0.1, 0.15) is 5.56 Å². The molecule has 0 unspecified atom stereocenters. The van der Waals surface area contributed by atoms with E-state index in [9.17, 15) is 9.59 Å². The molecule has 26 heavy (non-hydrogen) atoms. The second kappa shape index (κ2) is 6.84. The quantitative estimate of drug-likeness (QED) is 0.724. The van der Waals surface area contributed by atoms with Crippen LogP contribution in [0.5, 0.6) is 0 Å². The minimum Gasteiger partial charge on any atom is -0.368 e. The predicted molar refractivity (Wildman–Crippen MR) is 105 cm³/mol. The first kappa shape index (κ1) is 16.7. The highest BCUT2D eigenvalue weighted by molar-refractivity contribution is 8.00. The van der Waals surface area contributed by atoms with Crippen molar-refractivity contribution in [3.05, 3.63) is 72.3 Å². The summed E-state index contributed by atoms with van der Waals surface area (Å²) in [6, 6.07) is 21.3. The summed E-state index contributed by atoms with van der Waals surface area (Å²) in [7, 11) is 0. The number of rotatable bonds is 4. The van der Waals surface area contributed by atoms with E-state index in [0.717, 1.165) is 21.5 Å². The van der Waals surface area contributed by atoms with Crippen molar-refractivity contribution in [2.24, 2.45) is 5.73 Å². The Bertz CT molecular complexity index is 1000. The maximum atomic E-state index is 12.9. The van der Waals surface area contributed by atoms with Crippen LogP contribution < -0.4 is 10.6 Å². The fourth-order valence-corrected chi connectivity index (χ4v) is 4.20. The maximum absolute atomic E-state index is 12.9. The van der Waals surface area contributed by atoms with Crippen LogP contribution in [0, 0.1) is 0 Å². The van der Waals surface area contributed by atoms with Gasteiger partial charge in [-0.1, -0.05) is 48.5 Å². The number of benzene rings is 3. The standard InChI is InChI=1S/C21H18N2O2S/c22-21(25)19-12-16-7-3-4-8-18(16)23(19)20(24)13-26-17-10-9-14-5-1-2-6-15(14)11-17/h1-11,19H,12-13H2,(H2,22,25)/t19-/m0/s1. The van der Waals surface area contributed by atoms with Crippen molar-refractivity contribution < 1.29 is 9.59 Å². The summed E-state index contributed by atoms with van der Waals surface area (Å²) in [6.07, 6.45) is 0.484. The summed E-state index contributed by atoms with van der Waals surface area (Å²) in [6.45, 7) is 0. The number of fused-ring (bicyclic) bond motifs is 2. The van der Waals surface area contributed by atoms with Crippen LogP contribution >= 0.6 is 11.8 Å². The molecule has 1 aliphatic rings. The topological polar surface area (TPSA) is 63.4 Å². The van der Waals surface area contributed by atoms with E-state index in [1.165, 1.54) is 17.1 Å². The molecule has 1 heterocycles. The van der Waals surface area contributed by atoms with Crippen molar-refractivity contribution in [3.8, 4) is 0 Å². The number of nitrogens with two attached hydrogens (primary N) is 1. The third-order valence-corrected chi connectivity index (χ3v) is 5.64. The Morgan fingerprint density at radius 3 is 2.54 bits per heavy atom. The molecule has 2 N–H and O–H groups in total. The van der Waals surface area contributed by atoms with Crippen LogP contribution in [0.15, 0.2) is 71.6 Å². The van der Waals surface area contributed by atoms with Gasteiger partial charge in [-0.25, -0.2) is 0 Å². The van der Waals surface area contributed by atoms with Gasteiger partial charge in [-0.15, -0.1) is 11.8 Å². The lowest BCUT2D eigenvalue weighted by Gasteiger charge is -2.23. The first-order valence-electron chi connectivity index (χ1n) is 8.44. The van der Waals surface area contributed by atoms with Gasteiger partial charge in [-0.05, 0) is 34.5 Å². The molecular weight excluding hydrogens is 344 g/mol. The van der Waals surface area contributed by atoms with Crippen LogP contribution in [0.2, 0.25) is 0 Å². The Kier molecular flexibility index (Phi) is 4.39. The van der Waals surface area contributed by atoms with Gasteiger partial charge in [-0.3, -0.25) is 14.5 Å². The zero-order chi connectivity index (χ0) is 18.1. The van der Waals surface area contributed by atoms with Gasteiger partial charge in [0.2, 0.25) is 11.8 Å². The van der Waals surface area contributed by atoms with Gasteiger partial charge in [0, 0.05) is 17.0 Å². The van der Waals surface area contributed by atoms with Crippen LogP contribution in [0.25, 0.3) is 10.8 Å². The minimum absolute atomic E-state index is 0.100. The van der Waals surface area contributed by atoms with Crippen molar-refractivity contribution in [1.82, 2.24) is 0 Å². The number of carbonyl (C=O) groups excluding carboxylic acids is 2. The Morgan fingerprint density at radius 2 is 1.73 bits per heavy atom. The minimum atomic E-state index is -0.600. The number of carbonyl (C=O) groups is 2. The van der Waals surface area contributed by atoms with Gasteiger partial charge in [0.15, 0.2) is 0 Å². The van der Waals surface area contributed by atoms with E-state index < -0.39 is 11.9 Å². The average Bonchev–Trinajstić information content (AvgIpc) is 3.06. The van der Waals surface area contributed by atoms with E-state index in [-0.39, 0.29) is 11.7 Å². The molecule has 0 aromatic heterocycles. The molecule has 5 heteroatoms. The van der Waals surface area contributed by atoms with E-state index in [1.807, 2.05) is 42.5 Å². The van der Waals surface area contributed by atoms with Gasteiger partial charge in [0.05, 0.1) is 5.75 Å². The van der Waals surface area contributed by atoms with Gasteiger partial charge in [-0.2, -0.15) is 0 Å². The SMILES string of the molecule is NC(=O)[C@@H]1Cc2ccccc2N1C(=O)CSc1ccc2ccccc2c1. The smallest absolute Gasteiger partial charge is 0.240 e. The molecule has 0 bridgehead atoms. The van der Waals surface area contributed by atoms with Gasteiger partial charge < -0.3 is 5.73 Å². The van der Waals surface area contributed by atoms with Crippen molar-refractivity contribution >= 4 is 40.0 Å². The number of hydrogen-bond acceptors (Lipinski definition) is 3. The number of thioether (sulfide) groups is 1. The zero-order valence-electron chi connectivity index (χ0n) is 14.1. The molecule has 0 radical (unpaired) electrons. The molecule has 0 fully saturated rings. The highest BCUT2D eigenvalue weighted by atomic mass is 32.2. The predicted octanol–water partition coefficient (Wildman–Crippen LogP) is 3.38. The fraction of sp³-hybridized carbons (Fsp3) is 0.143. The number of amides is 2. The van der Waals surface area contributed by atoms with Crippen LogP contribution in [-0.2, 0) is 16.0 Å². The van der Waals surface area contributed by atoms with Crippen molar-refractivity contribution in [2.75, 3.05) is 10.7 Å². The van der Waals surface area contributed by atoms with Gasteiger partial charge in [0.1, 0.15) is 6.04 Å². The van der Waals surface area contributed by atoms with Crippen LogP contribution in [-0.4, -0.2) is 23.6 Å². The van der Waals surface area contributed by atoms with E-state index in [4.69, 9.17) is 5.73 Å². The van der Waals surface area contributed by atoms with E-state index in [2.05, 4.69) is 24.3 Å². The third kappa shape index (κ3) is 3.06. The molecule has 4 nitrogen and oxygen atoms in total.